The highest BCUT2D eigenvalue weighted by Gasteiger charge is 2.24. The molecule has 1 amide bonds. The van der Waals surface area contributed by atoms with Crippen molar-refractivity contribution in [2.45, 2.75) is 57.9 Å². The van der Waals surface area contributed by atoms with E-state index in [4.69, 9.17) is 9.47 Å². The zero-order chi connectivity index (χ0) is 16.9. The van der Waals surface area contributed by atoms with E-state index in [9.17, 15) is 4.79 Å². The standard InChI is InChI=1S/C19H28N2O3/c1-14-11-17(12-15(2)24-14)20-8-7-19(22)21-9-10-23-18-6-4-3-5-16(18)13-21/h3-6,14-15,17,20H,7-13H2,1-2H3/t14-,15+,17?. The molecule has 132 valence electrons. The third-order valence-corrected chi connectivity index (χ3v) is 4.77. The van der Waals surface area contributed by atoms with E-state index in [1.165, 1.54) is 0 Å². The molecule has 1 aromatic rings. The van der Waals surface area contributed by atoms with Crippen molar-refractivity contribution >= 4 is 5.91 Å². The Labute approximate surface area is 144 Å². The van der Waals surface area contributed by atoms with Gasteiger partial charge in [0.15, 0.2) is 0 Å². The molecule has 2 aliphatic heterocycles. The van der Waals surface area contributed by atoms with Crippen LogP contribution in [0.25, 0.3) is 0 Å². The predicted molar refractivity (Wildman–Crippen MR) is 93.0 cm³/mol. The summed E-state index contributed by atoms with van der Waals surface area (Å²) in [7, 11) is 0. The largest absolute Gasteiger partial charge is 0.491 e. The van der Waals surface area contributed by atoms with Crippen LogP contribution in [0.2, 0.25) is 0 Å². The Morgan fingerprint density at radius 1 is 1.25 bits per heavy atom. The second-order valence-corrected chi connectivity index (χ2v) is 6.90. The molecule has 1 aromatic carbocycles. The van der Waals surface area contributed by atoms with E-state index in [2.05, 4.69) is 19.2 Å². The summed E-state index contributed by atoms with van der Waals surface area (Å²) in [6, 6.07) is 8.41. The van der Waals surface area contributed by atoms with Gasteiger partial charge in [0.05, 0.1) is 18.8 Å². The normalized spacial score (nSPS) is 27.1. The van der Waals surface area contributed by atoms with Gasteiger partial charge in [-0.1, -0.05) is 18.2 Å². The molecule has 0 aromatic heterocycles. The molecule has 0 saturated carbocycles. The molecule has 2 aliphatic rings. The molecule has 0 radical (unpaired) electrons. The lowest BCUT2D eigenvalue weighted by atomic mass is 10.00. The molecular weight excluding hydrogens is 304 g/mol. The number of fused-ring (bicyclic) bond motifs is 1. The van der Waals surface area contributed by atoms with Gasteiger partial charge in [0, 0.05) is 31.1 Å². The number of carbonyl (C=O) groups excluding carboxylic acids is 1. The first-order valence-corrected chi connectivity index (χ1v) is 8.99. The van der Waals surface area contributed by atoms with Crippen LogP contribution < -0.4 is 10.1 Å². The van der Waals surface area contributed by atoms with Crippen molar-refractivity contribution in [1.29, 1.82) is 0 Å². The third-order valence-electron chi connectivity index (χ3n) is 4.77. The molecule has 3 atom stereocenters. The minimum atomic E-state index is 0.191. The summed E-state index contributed by atoms with van der Waals surface area (Å²) in [6.07, 6.45) is 3.15. The maximum atomic E-state index is 12.5. The summed E-state index contributed by atoms with van der Waals surface area (Å²) in [5, 5.41) is 3.53. The molecule has 1 unspecified atom stereocenters. The van der Waals surface area contributed by atoms with Crippen molar-refractivity contribution in [1.82, 2.24) is 10.2 Å². The summed E-state index contributed by atoms with van der Waals surface area (Å²) < 4.78 is 11.5. The van der Waals surface area contributed by atoms with E-state index >= 15 is 0 Å². The Morgan fingerprint density at radius 3 is 2.79 bits per heavy atom. The average Bonchev–Trinajstić information content (AvgIpc) is 2.76. The third kappa shape index (κ3) is 4.48. The van der Waals surface area contributed by atoms with Crippen molar-refractivity contribution in [3.63, 3.8) is 0 Å². The maximum Gasteiger partial charge on any atom is 0.224 e. The minimum absolute atomic E-state index is 0.191. The molecule has 0 spiro atoms. The number of hydrogen-bond donors (Lipinski definition) is 1. The predicted octanol–water partition coefficient (Wildman–Crippen LogP) is 2.34. The van der Waals surface area contributed by atoms with Crippen LogP contribution in [0.15, 0.2) is 24.3 Å². The summed E-state index contributed by atoms with van der Waals surface area (Å²) in [4.78, 5) is 14.4. The van der Waals surface area contributed by atoms with E-state index < -0.39 is 0 Å². The van der Waals surface area contributed by atoms with Gasteiger partial charge in [-0.3, -0.25) is 4.79 Å². The van der Waals surface area contributed by atoms with Crippen LogP contribution in [-0.2, 0) is 16.1 Å². The molecular formula is C19H28N2O3. The van der Waals surface area contributed by atoms with E-state index in [0.717, 1.165) is 30.7 Å². The van der Waals surface area contributed by atoms with E-state index in [1.807, 2.05) is 29.2 Å². The van der Waals surface area contributed by atoms with Crippen LogP contribution in [0.1, 0.15) is 38.7 Å². The van der Waals surface area contributed by atoms with Crippen molar-refractivity contribution in [2.24, 2.45) is 0 Å². The van der Waals surface area contributed by atoms with Gasteiger partial charge in [0.25, 0.3) is 0 Å². The Kier molecular flexibility index (Phi) is 5.74. The van der Waals surface area contributed by atoms with Gasteiger partial charge in [-0.2, -0.15) is 0 Å². The number of nitrogens with zero attached hydrogens (tertiary/aromatic N) is 1. The highest BCUT2D eigenvalue weighted by Crippen LogP contribution is 2.23. The molecule has 3 rings (SSSR count). The molecule has 5 heteroatoms. The Balaban J connectivity index is 1.47. The maximum absolute atomic E-state index is 12.5. The first-order chi connectivity index (χ1) is 11.6. The number of para-hydroxylation sites is 1. The number of benzene rings is 1. The molecule has 5 nitrogen and oxygen atoms in total. The molecule has 2 heterocycles. The van der Waals surface area contributed by atoms with Crippen LogP contribution in [0, 0.1) is 0 Å². The summed E-state index contributed by atoms with van der Waals surface area (Å²) in [5.74, 6) is 1.09. The summed E-state index contributed by atoms with van der Waals surface area (Å²) in [5.41, 5.74) is 1.09. The Morgan fingerprint density at radius 2 is 2.00 bits per heavy atom. The number of nitrogens with one attached hydrogen (secondary N) is 1. The smallest absolute Gasteiger partial charge is 0.224 e. The number of rotatable bonds is 4. The summed E-state index contributed by atoms with van der Waals surface area (Å²) >= 11 is 0. The van der Waals surface area contributed by atoms with Gasteiger partial charge >= 0.3 is 0 Å². The van der Waals surface area contributed by atoms with E-state index in [-0.39, 0.29) is 5.91 Å². The number of ether oxygens (including phenoxy) is 2. The van der Waals surface area contributed by atoms with Gasteiger partial charge in [-0.25, -0.2) is 0 Å². The van der Waals surface area contributed by atoms with Gasteiger partial charge in [0.2, 0.25) is 5.91 Å². The minimum Gasteiger partial charge on any atom is -0.491 e. The number of hydrogen-bond acceptors (Lipinski definition) is 4. The lowest BCUT2D eigenvalue weighted by Crippen LogP contribution is -2.43. The fourth-order valence-corrected chi connectivity index (χ4v) is 3.65. The second kappa shape index (κ2) is 7.99. The first-order valence-electron chi connectivity index (χ1n) is 8.99. The molecule has 0 aliphatic carbocycles. The second-order valence-electron chi connectivity index (χ2n) is 6.90. The highest BCUT2D eigenvalue weighted by molar-refractivity contribution is 5.76. The fourth-order valence-electron chi connectivity index (χ4n) is 3.65. The first kappa shape index (κ1) is 17.2. The number of carbonyl (C=O) groups is 1. The zero-order valence-corrected chi connectivity index (χ0v) is 14.7. The lowest BCUT2D eigenvalue weighted by molar-refractivity contribution is -0.131. The zero-order valence-electron chi connectivity index (χ0n) is 14.7. The van der Waals surface area contributed by atoms with Gasteiger partial charge in [-0.15, -0.1) is 0 Å². The van der Waals surface area contributed by atoms with E-state index in [0.29, 0.717) is 44.4 Å². The SMILES string of the molecule is C[C@@H]1CC(NCCC(=O)N2CCOc3ccccc3C2)C[C@H](C)O1. The van der Waals surface area contributed by atoms with Crippen LogP contribution in [-0.4, -0.2) is 48.8 Å². The molecule has 1 fully saturated rings. The quantitative estimate of drug-likeness (QED) is 0.919. The van der Waals surface area contributed by atoms with E-state index in [1.54, 1.807) is 0 Å². The fraction of sp³-hybridized carbons (Fsp3) is 0.632. The van der Waals surface area contributed by atoms with Gasteiger partial charge in [-0.05, 0) is 32.8 Å². The highest BCUT2D eigenvalue weighted by atomic mass is 16.5. The van der Waals surface area contributed by atoms with Crippen molar-refractivity contribution in [2.75, 3.05) is 19.7 Å². The van der Waals surface area contributed by atoms with Crippen LogP contribution in [0.3, 0.4) is 0 Å². The molecule has 0 bridgehead atoms. The van der Waals surface area contributed by atoms with Crippen LogP contribution >= 0.6 is 0 Å². The molecule has 24 heavy (non-hydrogen) atoms. The lowest BCUT2D eigenvalue weighted by Gasteiger charge is -2.32. The van der Waals surface area contributed by atoms with Crippen molar-refractivity contribution < 1.29 is 14.3 Å². The van der Waals surface area contributed by atoms with Gasteiger partial charge < -0.3 is 19.7 Å². The van der Waals surface area contributed by atoms with Crippen LogP contribution in [0.4, 0.5) is 0 Å². The Bertz CT molecular complexity index is 553. The molecule has 1 saturated heterocycles. The summed E-state index contributed by atoms with van der Waals surface area (Å²) in [6.45, 7) is 6.81. The van der Waals surface area contributed by atoms with Crippen LogP contribution in [0.5, 0.6) is 5.75 Å². The molecule has 1 N–H and O–H groups in total. The Hall–Kier alpha value is -1.59. The average molecular weight is 332 g/mol. The van der Waals surface area contributed by atoms with Crippen molar-refractivity contribution in [3.8, 4) is 5.75 Å². The number of amides is 1. The van der Waals surface area contributed by atoms with Crippen molar-refractivity contribution in [3.05, 3.63) is 29.8 Å². The monoisotopic (exact) mass is 332 g/mol. The topological polar surface area (TPSA) is 50.8 Å². The van der Waals surface area contributed by atoms with Gasteiger partial charge in [0.1, 0.15) is 12.4 Å².